The Morgan fingerprint density at radius 1 is 1.33 bits per heavy atom. The molecule has 12 heavy (non-hydrogen) atoms. The molecular formula is C9H11IO2. The predicted octanol–water partition coefficient (Wildman–Crippen LogP) is 1.86. The lowest BCUT2D eigenvalue weighted by atomic mass is 10.3. The third-order valence-electron chi connectivity index (χ3n) is 1.36. The van der Waals surface area contributed by atoms with Crippen LogP contribution in [-0.4, -0.2) is 22.2 Å². The second kappa shape index (κ2) is 5.37. The monoisotopic (exact) mass is 278 g/mol. The van der Waals surface area contributed by atoms with Crippen molar-refractivity contribution in [2.24, 2.45) is 0 Å². The molecule has 1 atom stereocenters. The van der Waals surface area contributed by atoms with Crippen molar-refractivity contribution >= 4 is 22.6 Å². The third kappa shape index (κ3) is 3.40. The number of benzene rings is 1. The Morgan fingerprint density at radius 3 is 2.58 bits per heavy atom. The van der Waals surface area contributed by atoms with Gasteiger partial charge in [-0.2, -0.15) is 0 Å². The van der Waals surface area contributed by atoms with Gasteiger partial charge in [0.1, 0.15) is 12.4 Å². The standard InChI is InChI=1S/C9H11IO2/c10-6-8(11)7-12-9-4-2-1-3-5-9/h1-5,8,11H,6-7H2/t8-/m1/s1. The Labute approximate surface area is 85.7 Å². The van der Waals surface area contributed by atoms with Gasteiger partial charge in [-0.1, -0.05) is 40.8 Å². The minimum Gasteiger partial charge on any atom is -0.491 e. The van der Waals surface area contributed by atoms with Crippen LogP contribution in [0.15, 0.2) is 30.3 Å². The van der Waals surface area contributed by atoms with E-state index in [-0.39, 0.29) is 6.10 Å². The van der Waals surface area contributed by atoms with E-state index in [4.69, 9.17) is 4.74 Å². The molecule has 0 saturated carbocycles. The second-order valence-electron chi connectivity index (χ2n) is 2.43. The van der Waals surface area contributed by atoms with Crippen molar-refractivity contribution < 1.29 is 9.84 Å². The van der Waals surface area contributed by atoms with Crippen LogP contribution < -0.4 is 4.74 Å². The zero-order valence-electron chi connectivity index (χ0n) is 6.61. The average molecular weight is 278 g/mol. The highest BCUT2D eigenvalue weighted by atomic mass is 127. The number of halogens is 1. The van der Waals surface area contributed by atoms with Crippen LogP contribution in [0.3, 0.4) is 0 Å². The van der Waals surface area contributed by atoms with E-state index in [1.165, 1.54) is 0 Å². The van der Waals surface area contributed by atoms with Gasteiger partial charge >= 0.3 is 0 Å². The van der Waals surface area contributed by atoms with Crippen LogP contribution in [0, 0.1) is 0 Å². The van der Waals surface area contributed by atoms with Crippen LogP contribution in [0.4, 0.5) is 0 Å². The lowest BCUT2D eigenvalue weighted by Crippen LogP contribution is -2.18. The number of rotatable bonds is 4. The maximum absolute atomic E-state index is 9.19. The molecule has 0 aliphatic rings. The van der Waals surface area contributed by atoms with Crippen molar-refractivity contribution in [1.29, 1.82) is 0 Å². The number of ether oxygens (including phenoxy) is 1. The van der Waals surface area contributed by atoms with Gasteiger partial charge in [0.2, 0.25) is 0 Å². The third-order valence-corrected chi connectivity index (χ3v) is 2.38. The number of alkyl halides is 1. The fourth-order valence-corrected chi connectivity index (χ4v) is 1.01. The SMILES string of the molecule is O[C@H](CI)COc1ccccc1. The Hall–Kier alpha value is -0.290. The maximum atomic E-state index is 9.19. The Bertz CT molecular complexity index is 213. The molecular weight excluding hydrogens is 267 g/mol. The first kappa shape index (κ1) is 9.80. The minimum absolute atomic E-state index is 0.368. The van der Waals surface area contributed by atoms with Crippen LogP contribution >= 0.6 is 22.6 Å². The van der Waals surface area contributed by atoms with E-state index in [9.17, 15) is 5.11 Å². The molecule has 0 aliphatic heterocycles. The maximum Gasteiger partial charge on any atom is 0.119 e. The molecule has 1 rings (SSSR count). The summed E-state index contributed by atoms with van der Waals surface area (Å²) in [5.41, 5.74) is 0. The average Bonchev–Trinajstić information content (AvgIpc) is 2.16. The summed E-state index contributed by atoms with van der Waals surface area (Å²) < 4.78 is 6.00. The molecule has 0 aromatic heterocycles. The number of para-hydroxylation sites is 1. The van der Waals surface area contributed by atoms with Gasteiger partial charge in [0.05, 0.1) is 6.10 Å². The van der Waals surface area contributed by atoms with Crippen molar-refractivity contribution in [1.82, 2.24) is 0 Å². The first-order chi connectivity index (χ1) is 5.83. The largest absolute Gasteiger partial charge is 0.491 e. The van der Waals surface area contributed by atoms with E-state index < -0.39 is 0 Å². The van der Waals surface area contributed by atoms with Gasteiger partial charge < -0.3 is 9.84 Å². The minimum atomic E-state index is -0.370. The molecule has 0 radical (unpaired) electrons. The lowest BCUT2D eigenvalue weighted by Gasteiger charge is -2.08. The number of aliphatic hydroxyl groups is 1. The Kier molecular flexibility index (Phi) is 4.39. The summed E-state index contributed by atoms with van der Waals surface area (Å²) in [6, 6.07) is 9.50. The summed E-state index contributed by atoms with van der Waals surface area (Å²) in [7, 11) is 0. The van der Waals surface area contributed by atoms with Gasteiger partial charge in [0.15, 0.2) is 0 Å². The van der Waals surface area contributed by atoms with Crippen molar-refractivity contribution in [2.75, 3.05) is 11.0 Å². The predicted molar refractivity (Wildman–Crippen MR) is 56.8 cm³/mol. The fraction of sp³-hybridized carbons (Fsp3) is 0.333. The van der Waals surface area contributed by atoms with E-state index >= 15 is 0 Å². The van der Waals surface area contributed by atoms with E-state index in [0.717, 1.165) is 5.75 Å². The summed E-state index contributed by atoms with van der Waals surface area (Å²) in [6.07, 6.45) is -0.370. The molecule has 0 spiro atoms. The van der Waals surface area contributed by atoms with Gasteiger partial charge in [0, 0.05) is 4.43 Å². The molecule has 0 fully saturated rings. The van der Waals surface area contributed by atoms with Crippen molar-refractivity contribution in [3.8, 4) is 5.75 Å². The van der Waals surface area contributed by atoms with Gasteiger partial charge in [-0.3, -0.25) is 0 Å². The molecule has 0 bridgehead atoms. The van der Waals surface area contributed by atoms with E-state index in [0.29, 0.717) is 11.0 Å². The first-order valence-corrected chi connectivity index (χ1v) is 5.27. The molecule has 0 saturated heterocycles. The van der Waals surface area contributed by atoms with Crippen molar-refractivity contribution in [3.05, 3.63) is 30.3 Å². The zero-order chi connectivity index (χ0) is 8.81. The summed E-state index contributed by atoms with van der Waals surface area (Å²) in [5.74, 6) is 0.807. The van der Waals surface area contributed by atoms with Gasteiger partial charge in [0.25, 0.3) is 0 Å². The summed E-state index contributed by atoms with van der Waals surface area (Å²) in [5, 5.41) is 9.19. The highest BCUT2D eigenvalue weighted by molar-refractivity contribution is 14.1. The van der Waals surface area contributed by atoms with Crippen LogP contribution in [-0.2, 0) is 0 Å². The van der Waals surface area contributed by atoms with Gasteiger partial charge in [-0.15, -0.1) is 0 Å². The molecule has 1 aromatic rings. The van der Waals surface area contributed by atoms with Crippen molar-refractivity contribution in [2.45, 2.75) is 6.10 Å². The van der Waals surface area contributed by atoms with E-state index in [1.807, 2.05) is 30.3 Å². The summed E-state index contributed by atoms with van der Waals surface area (Å²) >= 11 is 2.13. The smallest absolute Gasteiger partial charge is 0.119 e. The molecule has 2 nitrogen and oxygen atoms in total. The normalized spacial score (nSPS) is 12.5. The first-order valence-electron chi connectivity index (χ1n) is 3.75. The summed E-state index contributed by atoms with van der Waals surface area (Å²) in [4.78, 5) is 0. The zero-order valence-corrected chi connectivity index (χ0v) is 8.77. The van der Waals surface area contributed by atoms with Gasteiger partial charge in [-0.05, 0) is 12.1 Å². The topological polar surface area (TPSA) is 29.5 Å². The van der Waals surface area contributed by atoms with Crippen LogP contribution in [0.2, 0.25) is 0 Å². The molecule has 1 aromatic carbocycles. The molecule has 66 valence electrons. The Morgan fingerprint density at radius 2 is 2.00 bits per heavy atom. The van der Waals surface area contributed by atoms with E-state index in [2.05, 4.69) is 22.6 Å². The van der Waals surface area contributed by atoms with Crippen molar-refractivity contribution in [3.63, 3.8) is 0 Å². The highest BCUT2D eigenvalue weighted by Gasteiger charge is 2.01. The van der Waals surface area contributed by atoms with Gasteiger partial charge in [-0.25, -0.2) is 0 Å². The van der Waals surface area contributed by atoms with Crippen LogP contribution in [0.5, 0.6) is 5.75 Å². The number of aliphatic hydroxyl groups excluding tert-OH is 1. The lowest BCUT2D eigenvalue weighted by molar-refractivity contribution is 0.128. The van der Waals surface area contributed by atoms with Crippen LogP contribution in [0.25, 0.3) is 0 Å². The number of hydrogen-bond donors (Lipinski definition) is 1. The molecule has 0 amide bonds. The molecule has 0 aliphatic carbocycles. The molecule has 1 N–H and O–H groups in total. The number of hydrogen-bond acceptors (Lipinski definition) is 2. The summed E-state index contributed by atoms with van der Waals surface area (Å²) in [6.45, 7) is 0.368. The van der Waals surface area contributed by atoms with E-state index in [1.54, 1.807) is 0 Å². The quantitative estimate of drug-likeness (QED) is 0.673. The highest BCUT2D eigenvalue weighted by Crippen LogP contribution is 2.08. The molecule has 3 heteroatoms. The Balaban J connectivity index is 2.33. The van der Waals surface area contributed by atoms with Crippen LogP contribution in [0.1, 0.15) is 0 Å². The molecule has 0 heterocycles. The molecule has 0 unspecified atom stereocenters. The fourth-order valence-electron chi connectivity index (χ4n) is 0.754. The second-order valence-corrected chi connectivity index (χ2v) is 3.31.